The van der Waals surface area contributed by atoms with Crippen LogP contribution in [0.3, 0.4) is 0 Å². The summed E-state index contributed by atoms with van der Waals surface area (Å²) in [7, 11) is 5.68. The summed E-state index contributed by atoms with van der Waals surface area (Å²) in [5, 5.41) is 8.98. The van der Waals surface area contributed by atoms with Crippen LogP contribution in [0.25, 0.3) is 0 Å². The van der Waals surface area contributed by atoms with Crippen LogP contribution in [0.2, 0.25) is 0 Å². The van der Waals surface area contributed by atoms with Gasteiger partial charge in [0.1, 0.15) is 0 Å². The lowest BCUT2D eigenvalue weighted by atomic mass is 10.1. The fraction of sp³-hybridized carbons (Fsp3) is 0.481. The Labute approximate surface area is 208 Å². The van der Waals surface area contributed by atoms with Gasteiger partial charge in [-0.15, -0.1) is 0 Å². The van der Waals surface area contributed by atoms with E-state index in [1.807, 2.05) is 38.1 Å². The van der Waals surface area contributed by atoms with Crippen LogP contribution in [0, 0.1) is 13.8 Å². The van der Waals surface area contributed by atoms with Crippen LogP contribution in [-0.2, 0) is 4.74 Å². The first-order valence-corrected chi connectivity index (χ1v) is 12.1. The number of hydrogen-bond acceptors (Lipinski definition) is 7. The summed E-state index contributed by atoms with van der Waals surface area (Å²) in [6, 6.07) is 11.5. The Morgan fingerprint density at radius 1 is 0.714 bits per heavy atom. The number of esters is 1. The highest BCUT2D eigenvalue weighted by molar-refractivity contribution is 5.91. The SMILES string of the molecule is COC(=O)c1ccc(N2CCN(C)CC2)cc1C.Cc1cc(N2CCN(C)CC2)ccc1C(=O)O. The quantitative estimate of drug-likeness (QED) is 0.667. The molecular weight excluding hydrogens is 444 g/mol. The predicted molar refractivity (Wildman–Crippen MR) is 140 cm³/mol. The number of hydrogen-bond donors (Lipinski definition) is 1. The molecule has 2 saturated heterocycles. The standard InChI is InChI=1S/C14H20N2O2.C13H18N2O2/c1-11-10-12(4-5-13(11)14(17)18-3)16-8-6-15(2)7-9-16;1-10-9-11(3-4-12(10)13(16)17)15-7-5-14(2)6-8-15/h4-5,10H,6-9H2,1-3H3;3-4,9H,5-8H2,1-2H3,(H,16,17). The molecular formula is C27H38N4O4. The van der Waals surface area contributed by atoms with Crippen molar-refractivity contribution in [2.24, 2.45) is 0 Å². The second-order valence-electron chi connectivity index (χ2n) is 9.38. The largest absolute Gasteiger partial charge is 0.478 e. The smallest absolute Gasteiger partial charge is 0.338 e. The van der Waals surface area contributed by atoms with Crippen molar-refractivity contribution in [3.8, 4) is 0 Å². The van der Waals surface area contributed by atoms with E-state index >= 15 is 0 Å². The first-order valence-electron chi connectivity index (χ1n) is 12.1. The minimum Gasteiger partial charge on any atom is -0.478 e. The molecule has 0 saturated carbocycles. The molecule has 0 unspecified atom stereocenters. The zero-order valence-electron chi connectivity index (χ0n) is 21.6. The van der Waals surface area contributed by atoms with Gasteiger partial charge < -0.3 is 29.4 Å². The minimum absolute atomic E-state index is 0.266. The van der Waals surface area contributed by atoms with Crippen molar-refractivity contribution in [1.82, 2.24) is 9.80 Å². The van der Waals surface area contributed by atoms with Gasteiger partial charge in [-0.2, -0.15) is 0 Å². The summed E-state index contributed by atoms with van der Waals surface area (Å²) in [4.78, 5) is 31.7. The molecule has 0 aromatic heterocycles. The molecule has 0 spiro atoms. The van der Waals surface area contributed by atoms with Gasteiger partial charge in [0.05, 0.1) is 18.2 Å². The fourth-order valence-corrected chi connectivity index (χ4v) is 4.40. The summed E-state index contributed by atoms with van der Waals surface area (Å²) >= 11 is 0. The van der Waals surface area contributed by atoms with Gasteiger partial charge in [-0.25, -0.2) is 9.59 Å². The van der Waals surface area contributed by atoms with Crippen molar-refractivity contribution in [1.29, 1.82) is 0 Å². The third-order valence-corrected chi connectivity index (χ3v) is 6.79. The van der Waals surface area contributed by atoms with E-state index in [0.29, 0.717) is 11.1 Å². The van der Waals surface area contributed by atoms with E-state index in [4.69, 9.17) is 9.84 Å². The molecule has 2 heterocycles. The lowest BCUT2D eigenvalue weighted by Gasteiger charge is -2.34. The Hall–Kier alpha value is -3.10. The van der Waals surface area contributed by atoms with Gasteiger partial charge >= 0.3 is 11.9 Å². The van der Waals surface area contributed by atoms with Gasteiger partial charge in [-0.3, -0.25) is 0 Å². The molecule has 0 radical (unpaired) electrons. The minimum atomic E-state index is -0.854. The van der Waals surface area contributed by atoms with Gasteiger partial charge in [-0.05, 0) is 75.5 Å². The topological polar surface area (TPSA) is 76.6 Å². The summed E-state index contributed by atoms with van der Waals surface area (Å²) < 4.78 is 4.76. The van der Waals surface area contributed by atoms with E-state index in [0.717, 1.165) is 69.2 Å². The molecule has 190 valence electrons. The van der Waals surface area contributed by atoms with Crippen molar-refractivity contribution >= 4 is 23.3 Å². The zero-order chi connectivity index (χ0) is 25.5. The van der Waals surface area contributed by atoms with E-state index in [-0.39, 0.29) is 5.97 Å². The van der Waals surface area contributed by atoms with E-state index in [9.17, 15) is 9.59 Å². The summed E-state index contributed by atoms with van der Waals surface area (Å²) in [5.74, 6) is -1.12. The third-order valence-electron chi connectivity index (χ3n) is 6.79. The molecule has 8 heteroatoms. The molecule has 0 atom stereocenters. The van der Waals surface area contributed by atoms with Gasteiger partial charge in [0.25, 0.3) is 0 Å². The molecule has 8 nitrogen and oxygen atoms in total. The number of nitrogens with zero attached hydrogens (tertiary/aromatic N) is 4. The molecule has 2 aromatic rings. The average molecular weight is 483 g/mol. The number of carboxylic acid groups (broad SMARTS) is 1. The van der Waals surface area contributed by atoms with E-state index in [2.05, 4.69) is 39.8 Å². The number of carbonyl (C=O) groups is 2. The highest BCUT2D eigenvalue weighted by Crippen LogP contribution is 2.22. The molecule has 35 heavy (non-hydrogen) atoms. The molecule has 0 bridgehead atoms. The lowest BCUT2D eigenvalue weighted by Crippen LogP contribution is -2.44. The predicted octanol–water partition coefficient (Wildman–Crippen LogP) is 2.98. The number of carbonyl (C=O) groups excluding carboxylic acids is 1. The van der Waals surface area contributed by atoms with Crippen LogP contribution in [0.5, 0.6) is 0 Å². The van der Waals surface area contributed by atoms with E-state index < -0.39 is 5.97 Å². The van der Waals surface area contributed by atoms with Crippen LogP contribution in [0.15, 0.2) is 36.4 Å². The van der Waals surface area contributed by atoms with Crippen LogP contribution in [0.1, 0.15) is 31.8 Å². The van der Waals surface area contributed by atoms with Crippen LogP contribution in [-0.4, -0.2) is 100 Å². The van der Waals surface area contributed by atoms with Crippen molar-refractivity contribution in [2.45, 2.75) is 13.8 Å². The number of rotatable bonds is 4. The second kappa shape index (κ2) is 12.0. The molecule has 0 aliphatic carbocycles. The Bertz CT molecular complexity index is 1030. The maximum absolute atomic E-state index is 11.5. The molecule has 2 aliphatic heterocycles. The van der Waals surface area contributed by atoms with Crippen LogP contribution < -0.4 is 9.80 Å². The first kappa shape index (κ1) is 26.5. The monoisotopic (exact) mass is 482 g/mol. The van der Waals surface area contributed by atoms with Crippen molar-refractivity contribution in [2.75, 3.05) is 83.4 Å². The second-order valence-corrected chi connectivity index (χ2v) is 9.38. The lowest BCUT2D eigenvalue weighted by molar-refractivity contribution is 0.0599. The van der Waals surface area contributed by atoms with Gasteiger partial charge in [0.2, 0.25) is 0 Å². The number of piperazine rings is 2. The van der Waals surface area contributed by atoms with Crippen LogP contribution >= 0.6 is 0 Å². The molecule has 2 aromatic carbocycles. The normalized spacial score (nSPS) is 16.9. The number of anilines is 2. The molecule has 1 N–H and O–H groups in total. The number of aryl methyl sites for hydroxylation is 2. The summed E-state index contributed by atoms with van der Waals surface area (Å²) in [6.45, 7) is 12.1. The molecule has 4 rings (SSSR count). The highest BCUT2D eigenvalue weighted by atomic mass is 16.5. The van der Waals surface area contributed by atoms with Gasteiger partial charge in [0.15, 0.2) is 0 Å². The maximum Gasteiger partial charge on any atom is 0.338 e. The summed E-state index contributed by atoms with van der Waals surface area (Å²) in [5.41, 5.74) is 5.15. The van der Waals surface area contributed by atoms with Gasteiger partial charge in [-0.1, -0.05) is 0 Å². The van der Waals surface area contributed by atoms with E-state index in [1.54, 1.807) is 6.07 Å². The van der Waals surface area contributed by atoms with E-state index in [1.165, 1.54) is 12.8 Å². The third kappa shape index (κ3) is 6.96. The number of aromatic carboxylic acids is 1. The first-order chi connectivity index (χ1) is 16.7. The maximum atomic E-state index is 11.5. The van der Waals surface area contributed by atoms with Crippen molar-refractivity contribution in [3.63, 3.8) is 0 Å². The summed E-state index contributed by atoms with van der Waals surface area (Å²) in [6.07, 6.45) is 0. The van der Waals surface area contributed by atoms with Gasteiger partial charge in [0, 0.05) is 63.7 Å². The number of ether oxygens (including phenoxy) is 1. The number of methoxy groups -OCH3 is 1. The highest BCUT2D eigenvalue weighted by Gasteiger charge is 2.17. The number of likely N-dealkylation sites (N-methyl/N-ethyl adjacent to an activating group) is 2. The molecule has 0 amide bonds. The molecule has 2 fully saturated rings. The Morgan fingerprint density at radius 3 is 1.46 bits per heavy atom. The number of carboxylic acids is 1. The number of benzene rings is 2. The Morgan fingerprint density at radius 2 is 1.11 bits per heavy atom. The fourth-order valence-electron chi connectivity index (χ4n) is 4.40. The van der Waals surface area contributed by atoms with Crippen molar-refractivity contribution < 1.29 is 19.4 Å². The average Bonchev–Trinajstić information content (AvgIpc) is 2.84. The Kier molecular flexibility index (Phi) is 9.12. The Balaban J connectivity index is 0.000000196. The van der Waals surface area contributed by atoms with Crippen molar-refractivity contribution in [3.05, 3.63) is 58.7 Å². The molecule has 2 aliphatic rings. The zero-order valence-corrected chi connectivity index (χ0v) is 21.6. The van der Waals surface area contributed by atoms with Crippen LogP contribution in [0.4, 0.5) is 11.4 Å².